The van der Waals surface area contributed by atoms with Gasteiger partial charge in [-0.05, 0) is 30.2 Å². The molecule has 6 nitrogen and oxygen atoms in total. The van der Waals surface area contributed by atoms with Crippen LogP contribution in [-0.4, -0.2) is 43.9 Å². The second-order valence-electron chi connectivity index (χ2n) is 5.35. The van der Waals surface area contributed by atoms with Gasteiger partial charge < -0.3 is 14.5 Å². The third-order valence-corrected chi connectivity index (χ3v) is 3.15. The molecule has 0 radical (unpaired) electrons. The fourth-order valence-electron chi connectivity index (χ4n) is 2.06. The Morgan fingerprint density at radius 1 is 1.00 bits per heavy atom. The average Bonchev–Trinajstić information content (AvgIpc) is 2.72. The molecule has 7 heteroatoms. The van der Waals surface area contributed by atoms with E-state index in [1.54, 1.807) is 17.0 Å². The van der Waals surface area contributed by atoms with E-state index in [2.05, 4.69) is 9.97 Å². The van der Waals surface area contributed by atoms with Crippen LogP contribution in [0.2, 0.25) is 0 Å². The van der Waals surface area contributed by atoms with E-state index in [1.165, 1.54) is 12.1 Å². The first-order valence-electron chi connectivity index (χ1n) is 8.32. The highest BCUT2D eigenvalue weighted by atomic mass is 19.1. The van der Waals surface area contributed by atoms with Crippen molar-refractivity contribution >= 4 is 25.8 Å². The van der Waals surface area contributed by atoms with Gasteiger partial charge in [0.25, 0.3) is 0 Å². The largest absolute Gasteiger partial charge is 0.347 e. The van der Waals surface area contributed by atoms with Crippen molar-refractivity contribution in [3.8, 4) is 11.3 Å². The summed E-state index contributed by atoms with van der Waals surface area (Å²) in [5.74, 6) is 0.298. The Balaban J connectivity index is 0. The highest BCUT2D eigenvalue weighted by Crippen LogP contribution is 2.28. The predicted octanol–water partition coefficient (Wildman–Crippen LogP) is 3.94. The van der Waals surface area contributed by atoms with E-state index >= 15 is 0 Å². The Hall–Kier alpha value is -2.96. The van der Waals surface area contributed by atoms with E-state index in [4.69, 9.17) is 9.59 Å². The van der Waals surface area contributed by atoms with E-state index in [9.17, 15) is 9.18 Å². The van der Waals surface area contributed by atoms with Gasteiger partial charge >= 0.3 is 0 Å². The van der Waals surface area contributed by atoms with Crippen molar-refractivity contribution in [2.24, 2.45) is 0 Å². The van der Waals surface area contributed by atoms with Gasteiger partial charge in [0, 0.05) is 19.7 Å². The maximum Gasteiger partial charge on any atom is 0.225 e. The molecule has 2 rings (SSSR count). The molecule has 1 aromatic heterocycles. The van der Waals surface area contributed by atoms with Crippen molar-refractivity contribution in [3.63, 3.8) is 0 Å². The van der Waals surface area contributed by atoms with Crippen LogP contribution in [0.15, 0.2) is 24.3 Å². The average molecular weight is 377 g/mol. The van der Waals surface area contributed by atoms with E-state index < -0.39 is 0 Å². The number of hydrogen-bond acceptors (Lipinski definition) is 6. The number of carbonyl (C=O) groups is 3. The van der Waals surface area contributed by atoms with Gasteiger partial charge in [0.15, 0.2) is 6.29 Å². The van der Waals surface area contributed by atoms with Crippen molar-refractivity contribution < 1.29 is 18.8 Å². The predicted molar refractivity (Wildman–Crippen MR) is 107 cm³/mol. The Bertz CT molecular complexity index is 688. The van der Waals surface area contributed by atoms with Crippen LogP contribution >= 0.6 is 0 Å². The standard InChI is InChI=1S/C16H18FN3O.C2H6.2CH2O/c1-10(2)14-13(9-21)15(19-16(18-14)20(3)4)11-5-7-12(17)8-6-11;3*1-2/h5-10H,1-4H3;1-2H3;2*1H2. The normalized spacial score (nSPS) is 8.89. The zero-order chi connectivity index (χ0) is 21.6. The molecule has 0 saturated carbocycles. The topological polar surface area (TPSA) is 80.2 Å². The van der Waals surface area contributed by atoms with Crippen molar-refractivity contribution in [1.82, 2.24) is 9.97 Å². The Morgan fingerprint density at radius 3 is 1.85 bits per heavy atom. The number of carbonyl (C=O) groups excluding carboxylic acids is 3. The minimum Gasteiger partial charge on any atom is -0.347 e. The van der Waals surface area contributed by atoms with Crippen LogP contribution in [0.25, 0.3) is 11.3 Å². The summed E-state index contributed by atoms with van der Waals surface area (Å²) in [7, 11) is 3.68. The summed E-state index contributed by atoms with van der Waals surface area (Å²) in [5, 5.41) is 0. The fraction of sp³-hybridized carbons (Fsp3) is 0.350. The van der Waals surface area contributed by atoms with E-state index in [-0.39, 0.29) is 11.7 Å². The fourth-order valence-corrected chi connectivity index (χ4v) is 2.06. The van der Waals surface area contributed by atoms with Gasteiger partial charge in [-0.2, -0.15) is 0 Å². The smallest absolute Gasteiger partial charge is 0.225 e. The second kappa shape index (κ2) is 14.2. The summed E-state index contributed by atoms with van der Waals surface area (Å²) in [6.45, 7) is 12.0. The Kier molecular flexibility index (Phi) is 13.9. The third-order valence-electron chi connectivity index (χ3n) is 3.15. The molecule has 0 amide bonds. The molecule has 0 N–H and O–H groups in total. The van der Waals surface area contributed by atoms with Crippen LogP contribution in [0.5, 0.6) is 0 Å². The van der Waals surface area contributed by atoms with Crippen molar-refractivity contribution in [3.05, 3.63) is 41.3 Å². The molecule has 0 spiro atoms. The zero-order valence-electron chi connectivity index (χ0n) is 16.8. The molecule has 0 saturated heterocycles. The number of anilines is 1. The van der Waals surface area contributed by atoms with Crippen molar-refractivity contribution in [1.29, 1.82) is 0 Å². The molecule has 0 fully saturated rings. The lowest BCUT2D eigenvalue weighted by Crippen LogP contribution is -2.16. The van der Waals surface area contributed by atoms with Gasteiger partial charge in [0.05, 0.1) is 17.0 Å². The monoisotopic (exact) mass is 377 g/mol. The van der Waals surface area contributed by atoms with Gasteiger partial charge in [-0.3, -0.25) is 4.79 Å². The maximum atomic E-state index is 13.1. The molecule has 0 unspecified atom stereocenters. The summed E-state index contributed by atoms with van der Waals surface area (Å²) in [6, 6.07) is 5.95. The molecule has 2 aromatic rings. The lowest BCUT2D eigenvalue weighted by Gasteiger charge is -2.17. The van der Waals surface area contributed by atoms with Crippen LogP contribution in [0.1, 0.15) is 49.7 Å². The number of nitrogens with zero attached hydrogens (tertiary/aromatic N) is 3. The molecule has 27 heavy (non-hydrogen) atoms. The first kappa shape index (κ1) is 26.3. The summed E-state index contributed by atoms with van der Waals surface area (Å²) < 4.78 is 13.1. The lowest BCUT2D eigenvalue weighted by molar-refractivity contribution is -0.0987. The Labute approximate surface area is 160 Å². The molecular formula is C20H28FN3O3. The lowest BCUT2D eigenvalue weighted by atomic mass is 9.99. The van der Waals surface area contributed by atoms with Crippen LogP contribution in [-0.2, 0) is 9.59 Å². The highest BCUT2D eigenvalue weighted by Gasteiger charge is 2.18. The maximum absolute atomic E-state index is 13.1. The summed E-state index contributed by atoms with van der Waals surface area (Å²) in [5.41, 5.74) is 2.39. The first-order valence-corrected chi connectivity index (χ1v) is 8.32. The van der Waals surface area contributed by atoms with Crippen molar-refractivity contribution in [2.75, 3.05) is 19.0 Å². The van der Waals surface area contributed by atoms with Gasteiger partial charge in [-0.15, -0.1) is 0 Å². The second-order valence-corrected chi connectivity index (χ2v) is 5.35. The molecule has 148 valence electrons. The minimum atomic E-state index is -0.322. The quantitative estimate of drug-likeness (QED) is 0.751. The highest BCUT2D eigenvalue weighted by molar-refractivity contribution is 5.87. The number of halogens is 1. The van der Waals surface area contributed by atoms with Crippen molar-refractivity contribution in [2.45, 2.75) is 33.6 Å². The molecule has 1 aromatic carbocycles. The van der Waals surface area contributed by atoms with Crippen LogP contribution in [0.4, 0.5) is 10.3 Å². The number of rotatable bonds is 4. The first-order chi connectivity index (χ1) is 12.9. The number of aldehydes is 1. The molecule has 0 atom stereocenters. The van der Waals surface area contributed by atoms with Gasteiger partial charge in [-0.1, -0.05) is 27.7 Å². The molecule has 1 heterocycles. The van der Waals surface area contributed by atoms with Crippen LogP contribution < -0.4 is 4.90 Å². The number of aromatic nitrogens is 2. The number of hydrogen-bond donors (Lipinski definition) is 0. The minimum absolute atomic E-state index is 0.0890. The van der Waals surface area contributed by atoms with E-state index in [1.807, 2.05) is 55.4 Å². The van der Waals surface area contributed by atoms with Gasteiger partial charge in [-0.25, -0.2) is 14.4 Å². The van der Waals surface area contributed by atoms with Crippen LogP contribution in [0, 0.1) is 5.82 Å². The molecule has 0 aliphatic carbocycles. The molecule has 0 bridgehead atoms. The molecular weight excluding hydrogens is 349 g/mol. The molecule has 0 aliphatic heterocycles. The molecule has 0 aliphatic rings. The zero-order valence-corrected chi connectivity index (χ0v) is 16.8. The number of benzene rings is 1. The van der Waals surface area contributed by atoms with E-state index in [0.717, 1.165) is 6.29 Å². The Morgan fingerprint density at radius 2 is 1.48 bits per heavy atom. The third kappa shape index (κ3) is 7.43. The van der Waals surface area contributed by atoms with Crippen LogP contribution in [0.3, 0.4) is 0 Å². The van der Waals surface area contributed by atoms with Gasteiger partial charge in [0.1, 0.15) is 19.4 Å². The van der Waals surface area contributed by atoms with Gasteiger partial charge in [0.2, 0.25) is 5.95 Å². The summed E-state index contributed by atoms with van der Waals surface area (Å²) >= 11 is 0. The summed E-state index contributed by atoms with van der Waals surface area (Å²) in [6.07, 6.45) is 0.771. The summed E-state index contributed by atoms with van der Waals surface area (Å²) in [4.78, 5) is 38.2. The SMILES string of the molecule is C=O.C=O.CC.CC(C)c1nc(N(C)C)nc(-c2ccc(F)cc2)c1C=O. The van der Waals surface area contributed by atoms with E-state index in [0.29, 0.717) is 28.5 Å².